The van der Waals surface area contributed by atoms with Crippen LogP contribution in [-0.2, 0) is 10.2 Å². The topological polar surface area (TPSA) is 50.2 Å². The van der Waals surface area contributed by atoms with Gasteiger partial charge in [0, 0.05) is 17.8 Å². The number of carbonyl (C=O) groups is 1. The van der Waals surface area contributed by atoms with Crippen molar-refractivity contribution in [2.75, 3.05) is 0 Å². The Balaban J connectivity index is 2.34. The fourth-order valence-corrected chi connectivity index (χ4v) is 2.56. The summed E-state index contributed by atoms with van der Waals surface area (Å²) >= 11 is 6.05. The van der Waals surface area contributed by atoms with Crippen LogP contribution in [0.5, 0.6) is 0 Å². The number of hydrogen-bond acceptors (Lipinski definition) is 2. The second-order valence-corrected chi connectivity index (χ2v) is 4.47. The molecule has 1 aromatic heterocycles. The number of carboxylic acid groups (broad SMARTS) is 1. The minimum absolute atomic E-state index is 0.163. The minimum atomic E-state index is -0.762. The van der Waals surface area contributed by atoms with Crippen molar-refractivity contribution in [2.45, 2.75) is 31.1 Å². The molecule has 1 aromatic rings. The number of carboxylic acids is 1. The summed E-state index contributed by atoms with van der Waals surface area (Å²) in [5, 5.41) is 9.49. The Bertz CT molecular complexity index is 388. The molecule has 0 unspecified atom stereocenters. The van der Waals surface area contributed by atoms with E-state index in [4.69, 9.17) is 16.7 Å². The van der Waals surface area contributed by atoms with E-state index < -0.39 is 5.97 Å². The zero-order valence-electron chi connectivity index (χ0n) is 8.24. The van der Waals surface area contributed by atoms with Gasteiger partial charge >= 0.3 is 5.97 Å². The fourth-order valence-electron chi connectivity index (χ4n) is 2.24. The van der Waals surface area contributed by atoms with Gasteiger partial charge in [0.1, 0.15) is 0 Å². The number of pyridine rings is 1. The molecule has 1 heterocycles. The number of aliphatic carboxylic acids is 1. The van der Waals surface area contributed by atoms with Gasteiger partial charge in [-0.2, -0.15) is 0 Å². The summed E-state index contributed by atoms with van der Waals surface area (Å²) in [6.45, 7) is 0. The zero-order chi connectivity index (χ0) is 10.9. The molecule has 2 rings (SSSR count). The average Bonchev–Trinajstić information content (AvgIpc) is 2.12. The predicted molar refractivity (Wildman–Crippen MR) is 57.0 cm³/mol. The van der Waals surface area contributed by atoms with Crippen LogP contribution in [0.15, 0.2) is 18.5 Å². The van der Waals surface area contributed by atoms with Gasteiger partial charge in [0.25, 0.3) is 0 Å². The molecular weight excluding hydrogens is 214 g/mol. The molecule has 0 bridgehead atoms. The molecule has 0 radical (unpaired) electrons. The summed E-state index contributed by atoms with van der Waals surface area (Å²) < 4.78 is 0. The second kappa shape index (κ2) is 3.81. The van der Waals surface area contributed by atoms with Crippen LogP contribution in [0.4, 0.5) is 0 Å². The minimum Gasteiger partial charge on any atom is -0.481 e. The Labute approximate surface area is 93.1 Å². The SMILES string of the molecule is O=C(O)CC1(c2ccncc2Cl)CCC1. The van der Waals surface area contributed by atoms with Crippen LogP contribution >= 0.6 is 11.6 Å². The van der Waals surface area contributed by atoms with Crippen molar-refractivity contribution < 1.29 is 9.90 Å². The summed E-state index contributed by atoms with van der Waals surface area (Å²) in [4.78, 5) is 14.8. The molecule has 0 amide bonds. The maximum absolute atomic E-state index is 10.8. The molecule has 80 valence electrons. The van der Waals surface area contributed by atoms with Crippen molar-refractivity contribution in [1.82, 2.24) is 4.98 Å². The molecule has 4 heteroatoms. The average molecular weight is 226 g/mol. The highest BCUT2D eigenvalue weighted by molar-refractivity contribution is 6.31. The zero-order valence-corrected chi connectivity index (χ0v) is 9.00. The number of hydrogen-bond donors (Lipinski definition) is 1. The van der Waals surface area contributed by atoms with Crippen LogP contribution in [-0.4, -0.2) is 16.1 Å². The van der Waals surface area contributed by atoms with Crippen LogP contribution in [0.25, 0.3) is 0 Å². The molecule has 15 heavy (non-hydrogen) atoms. The molecule has 1 aliphatic rings. The molecule has 1 saturated carbocycles. The lowest BCUT2D eigenvalue weighted by Gasteiger charge is -2.41. The van der Waals surface area contributed by atoms with E-state index in [1.165, 1.54) is 0 Å². The maximum atomic E-state index is 10.8. The fraction of sp³-hybridized carbons (Fsp3) is 0.455. The van der Waals surface area contributed by atoms with Crippen molar-refractivity contribution >= 4 is 17.6 Å². The van der Waals surface area contributed by atoms with Gasteiger partial charge in [0.2, 0.25) is 0 Å². The summed E-state index contributed by atoms with van der Waals surface area (Å²) in [7, 11) is 0. The van der Waals surface area contributed by atoms with E-state index in [-0.39, 0.29) is 11.8 Å². The first-order valence-corrected chi connectivity index (χ1v) is 5.34. The van der Waals surface area contributed by atoms with Gasteiger partial charge in [0.15, 0.2) is 0 Å². The van der Waals surface area contributed by atoms with E-state index in [2.05, 4.69) is 4.98 Å². The molecule has 1 fully saturated rings. The Morgan fingerprint density at radius 1 is 1.60 bits per heavy atom. The lowest BCUT2D eigenvalue weighted by molar-refractivity contribution is -0.139. The second-order valence-electron chi connectivity index (χ2n) is 4.06. The third kappa shape index (κ3) is 1.84. The smallest absolute Gasteiger partial charge is 0.304 e. The Morgan fingerprint density at radius 3 is 2.80 bits per heavy atom. The third-order valence-electron chi connectivity index (χ3n) is 3.14. The first kappa shape index (κ1) is 10.4. The van der Waals surface area contributed by atoms with Gasteiger partial charge in [-0.1, -0.05) is 18.0 Å². The van der Waals surface area contributed by atoms with Gasteiger partial charge in [-0.05, 0) is 24.5 Å². The van der Waals surface area contributed by atoms with Crippen LogP contribution < -0.4 is 0 Å². The van der Waals surface area contributed by atoms with Gasteiger partial charge < -0.3 is 5.11 Å². The predicted octanol–water partition coefficient (Wildman–Crippen LogP) is 2.63. The Kier molecular flexibility index (Phi) is 2.65. The molecule has 0 saturated heterocycles. The first-order chi connectivity index (χ1) is 7.14. The van der Waals surface area contributed by atoms with E-state index in [0.29, 0.717) is 5.02 Å². The Hall–Kier alpha value is -1.09. The molecule has 0 aromatic carbocycles. The number of rotatable bonds is 3. The normalized spacial score (nSPS) is 18.2. The van der Waals surface area contributed by atoms with E-state index >= 15 is 0 Å². The number of halogens is 1. The third-order valence-corrected chi connectivity index (χ3v) is 3.45. The van der Waals surface area contributed by atoms with Crippen LogP contribution in [0.3, 0.4) is 0 Å². The molecule has 0 spiro atoms. The lowest BCUT2D eigenvalue weighted by Crippen LogP contribution is -2.36. The van der Waals surface area contributed by atoms with Crippen molar-refractivity contribution in [3.8, 4) is 0 Å². The van der Waals surface area contributed by atoms with Gasteiger partial charge in [-0.15, -0.1) is 0 Å². The number of aromatic nitrogens is 1. The quantitative estimate of drug-likeness (QED) is 0.861. The van der Waals surface area contributed by atoms with Crippen molar-refractivity contribution in [3.63, 3.8) is 0 Å². The van der Waals surface area contributed by atoms with Gasteiger partial charge in [-0.3, -0.25) is 9.78 Å². The van der Waals surface area contributed by atoms with E-state index in [1.54, 1.807) is 12.4 Å². The molecule has 1 N–H and O–H groups in total. The highest BCUT2D eigenvalue weighted by Gasteiger charge is 2.41. The lowest BCUT2D eigenvalue weighted by atomic mass is 9.63. The monoisotopic (exact) mass is 225 g/mol. The molecule has 0 aliphatic heterocycles. The highest BCUT2D eigenvalue weighted by atomic mass is 35.5. The van der Waals surface area contributed by atoms with Crippen molar-refractivity contribution in [2.24, 2.45) is 0 Å². The Morgan fingerprint density at radius 2 is 2.33 bits per heavy atom. The molecule has 1 aliphatic carbocycles. The van der Waals surface area contributed by atoms with Gasteiger partial charge in [0.05, 0.1) is 11.4 Å². The maximum Gasteiger partial charge on any atom is 0.304 e. The summed E-state index contributed by atoms with van der Waals surface area (Å²) in [6, 6.07) is 1.84. The van der Waals surface area contributed by atoms with E-state index in [9.17, 15) is 4.79 Å². The van der Waals surface area contributed by atoms with Crippen LogP contribution in [0.1, 0.15) is 31.2 Å². The largest absolute Gasteiger partial charge is 0.481 e. The molecule has 3 nitrogen and oxygen atoms in total. The van der Waals surface area contributed by atoms with Crippen LogP contribution in [0.2, 0.25) is 5.02 Å². The first-order valence-electron chi connectivity index (χ1n) is 4.96. The summed E-state index contributed by atoms with van der Waals surface area (Å²) in [6.07, 6.45) is 6.30. The summed E-state index contributed by atoms with van der Waals surface area (Å²) in [5.41, 5.74) is 0.694. The molecule has 0 atom stereocenters. The van der Waals surface area contributed by atoms with E-state index in [1.807, 2.05) is 6.07 Å². The van der Waals surface area contributed by atoms with Crippen molar-refractivity contribution in [3.05, 3.63) is 29.0 Å². The summed E-state index contributed by atoms with van der Waals surface area (Å²) in [5.74, 6) is -0.762. The van der Waals surface area contributed by atoms with Gasteiger partial charge in [-0.25, -0.2) is 0 Å². The number of nitrogens with zero attached hydrogens (tertiary/aromatic N) is 1. The standard InChI is InChI=1S/C11H12ClNO2/c12-9-7-13-5-2-8(9)11(3-1-4-11)6-10(14)15/h2,5,7H,1,3-4,6H2,(H,14,15). The molecular formula is C11H12ClNO2. The van der Waals surface area contributed by atoms with Crippen LogP contribution in [0, 0.1) is 0 Å². The van der Waals surface area contributed by atoms with E-state index in [0.717, 1.165) is 24.8 Å². The highest BCUT2D eigenvalue weighted by Crippen LogP contribution is 2.48. The van der Waals surface area contributed by atoms with Crippen molar-refractivity contribution in [1.29, 1.82) is 0 Å².